The van der Waals surface area contributed by atoms with Crippen molar-refractivity contribution in [3.63, 3.8) is 0 Å². The lowest BCUT2D eigenvalue weighted by molar-refractivity contribution is -0.145. The number of carbonyl (C=O) groups excluding carboxylic acids is 1. The molecule has 1 fully saturated rings. The molecule has 0 spiro atoms. The Morgan fingerprint density at radius 3 is 3.00 bits per heavy atom. The van der Waals surface area contributed by atoms with Gasteiger partial charge in [0.1, 0.15) is 20.1 Å². The number of hydrogen-bond acceptors (Lipinski definition) is 9. The third-order valence-corrected chi connectivity index (χ3v) is 5.98. The minimum absolute atomic E-state index is 0.248. The Morgan fingerprint density at radius 1 is 1.56 bits per heavy atom. The van der Waals surface area contributed by atoms with Crippen LogP contribution in [0.1, 0.15) is 26.0 Å². The van der Waals surface area contributed by atoms with Crippen LogP contribution in [-0.4, -0.2) is 61.4 Å². The lowest BCUT2D eigenvalue weighted by Crippen LogP contribution is -2.31. The van der Waals surface area contributed by atoms with Gasteiger partial charge in [0.15, 0.2) is 0 Å². The molecule has 25 heavy (non-hydrogen) atoms. The summed E-state index contributed by atoms with van der Waals surface area (Å²) in [6.07, 6.45) is 4.65. The van der Waals surface area contributed by atoms with Crippen LogP contribution in [0.15, 0.2) is 6.20 Å². The molecule has 1 atom stereocenters. The number of thiocarbonyl (C=S) groups is 1. The monoisotopic (exact) mass is 405 g/mol. The average molecular weight is 406 g/mol. The second kappa shape index (κ2) is 9.86. The van der Waals surface area contributed by atoms with Crippen molar-refractivity contribution in [2.45, 2.75) is 44.3 Å². The largest absolute Gasteiger partial charge is 0.465 e. The Balaban J connectivity index is 1.62. The number of hydrogen-bond donors (Lipinski definition) is 0. The normalized spacial score (nSPS) is 16.7. The van der Waals surface area contributed by atoms with Gasteiger partial charge in [-0.15, -0.1) is 16.9 Å². The summed E-state index contributed by atoms with van der Waals surface area (Å²) in [5.74, 6) is -0.260. The van der Waals surface area contributed by atoms with Gasteiger partial charge in [-0.3, -0.25) is 9.48 Å². The van der Waals surface area contributed by atoms with E-state index < -0.39 is 4.75 Å². The molecule has 1 aromatic rings. The van der Waals surface area contributed by atoms with Crippen LogP contribution < -0.4 is 0 Å². The van der Waals surface area contributed by atoms with Crippen molar-refractivity contribution < 1.29 is 19.0 Å². The van der Waals surface area contributed by atoms with Gasteiger partial charge in [-0.2, -0.15) is 0 Å². The van der Waals surface area contributed by atoms with Crippen LogP contribution in [0.2, 0.25) is 0 Å². The number of aromatic nitrogens is 3. The quantitative estimate of drug-likeness (QED) is 0.252. The molecule has 1 unspecified atom stereocenters. The van der Waals surface area contributed by atoms with Gasteiger partial charge < -0.3 is 14.2 Å². The Kier molecular flexibility index (Phi) is 8.14. The van der Waals surface area contributed by atoms with E-state index in [4.69, 9.17) is 26.4 Å². The highest BCUT2D eigenvalue weighted by Gasteiger charge is 2.31. The number of aryl methyl sites for hydroxylation is 1. The Hall–Kier alpha value is -0.680. The first-order valence-electron chi connectivity index (χ1n) is 7.93. The Labute approximate surface area is 161 Å². The van der Waals surface area contributed by atoms with Gasteiger partial charge in [0.2, 0.25) is 0 Å². The fourth-order valence-electron chi connectivity index (χ4n) is 1.83. The number of carbonyl (C=O) groups is 1. The fraction of sp³-hybridized carbons (Fsp3) is 0.733. The lowest BCUT2D eigenvalue weighted by Gasteiger charge is -2.21. The fourth-order valence-corrected chi connectivity index (χ4v) is 3.97. The molecule has 0 radical (unpaired) electrons. The van der Waals surface area contributed by atoms with Crippen molar-refractivity contribution >= 4 is 45.2 Å². The first-order valence-corrected chi connectivity index (χ1v) is 10.4. The van der Waals surface area contributed by atoms with Crippen LogP contribution in [0, 0.1) is 0 Å². The molecule has 0 saturated carbocycles. The van der Waals surface area contributed by atoms with Crippen LogP contribution in [0.4, 0.5) is 0 Å². The second-order valence-corrected chi connectivity index (χ2v) is 9.63. The molecule has 2 rings (SSSR count). The average Bonchev–Trinajstić information content (AvgIpc) is 3.28. The van der Waals surface area contributed by atoms with E-state index in [1.807, 2.05) is 26.3 Å². The molecule has 0 amide bonds. The van der Waals surface area contributed by atoms with Crippen molar-refractivity contribution in [3.05, 3.63) is 11.9 Å². The van der Waals surface area contributed by atoms with E-state index in [-0.39, 0.29) is 12.1 Å². The molecule has 1 aliphatic rings. The maximum atomic E-state index is 12.1. The summed E-state index contributed by atoms with van der Waals surface area (Å²) in [5.41, 5.74) is 0.778. The summed E-state index contributed by atoms with van der Waals surface area (Å²) in [6.45, 7) is 6.40. The molecule has 0 aromatic carbocycles. The summed E-state index contributed by atoms with van der Waals surface area (Å²) in [7, 11) is 0. The van der Waals surface area contributed by atoms with Crippen LogP contribution in [-0.2, 0) is 32.2 Å². The van der Waals surface area contributed by atoms with E-state index >= 15 is 0 Å². The molecule has 2 heterocycles. The highest BCUT2D eigenvalue weighted by molar-refractivity contribution is 8.47. The highest BCUT2D eigenvalue weighted by atomic mass is 32.2. The number of ether oxygens (including phenoxy) is 3. The van der Waals surface area contributed by atoms with Crippen molar-refractivity contribution in [1.29, 1.82) is 0 Å². The van der Waals surface area contributed by atoms with E-state index in [0.29, 0.717) is 32.8 Å². The SMILES string of the molecule is CSC(=S)SC(C)(C)C(=O)OCCCn1cc(COCC2CO2)nn1. The predicted octanol–water partition coefficient (Wildman–Crippen LogP) is 2.29. The summed E-state index contributed by atoms with van der Waals surface area (Å²) >= 11 is 7.96. The lowest BCUT2D eigenvalue weighted by atomic mass is 10.2. The van der Waals surface area contributed by atoms with Gasteiger partial charge in [0.25, 0.3) is 0 Å². The molecule has 10 heteroatoms. The zero-order chi connectivity index (χ0) is 18.3. The molecule has 1 aliphatic heterocycles. The smallest absolute Gasteiger partial charge is 0.322 e. The Bertz CT molecular complexity index is 590. The van der Waals surface area contributed by atoms with E-state index in [1.54, 1.807) is 4.68 Å². The van der Waals surface area contributed by atoms with Crippen molar-refractivity contribution in [2.75, 3.05) is 26.1 Å². The minimum Gasteiger partial charge on any atom is -0.465 e. The van der Waals surface area contributed by atoms with Gasteiger partial charge in [0, 0.05) is 13.0 Å². The number of thioether (sulfide) groups is 2. The third-order valence-electron chi connectivity index (χ3n) is 3.30. The van der Waals surface area contributed by atoms with Crippen molar-refractivity contribution in [3.8, 4) is 0 Å². The van der Waals surface area contributed by atoms with Crippen LogP contribution in [0.5, 0.6) is 0 Å². The van der Waals surface area contributed by atoms with Crippen LogP contribution in [0.3, 0.4) is 0 Å². The van der Waals surface area contributed by atoms with Crippen molar-refractivity contribution in [2.24, 2.45) is 0 Å². The zero-order valence-electron chi connectivity index (χ0n) is 14.6. The molecule has 1 aromatic heterocycles. The highest BCUT2D eigenvalue weighted by Crippen LogP contribution is 2.31. The summed E-state index contributed by atoms with van der Waals surface area (Å²) in [6, 6.07) is 0. The van der Waals surface area contributed by atoms with Gasteiger partial charge >= 0.3 is 5.97 Å². The van der Waals surface area contributed by atoms with Gasteiger partial charge in [0.05, 0.1) is 32.6 Å². The van der Waals surface area contributed by atoms with E-state index in [9.17, 15) is 4.79 Å². The molecule has 0 aliphatic carbocycles. The number of epoxide rings is 1. The summed E-state index contributed by atoms with van der Waals surface area (Å²) in [4.78, 5) is 12.1. The number of rotatable bonds is 10. The second-order valence-electron chi connectivity index (χ2n) is 6.00. The maximum absolute atomic E-state index is 12.1. The standard InChI is InChI=1S/C15H23N3O4S3/c1-15(2,25-14(23)24-3)13(19)21-6-4-5-18-7-11(16-17-18)8-20-9-12-10-22-12/h7,12H,4-6,8-10H2,1-3H3. The van der Waals surface area contributed by atoms with E-state index in [2.05, 4.69) is 10.3 Å². The van der Waals surface area contributed by atoms with Gasteiger partial charge in [-0.1, -0.05) is 29.2 Å². The van der Waals surface area contributed by atoms with E-state index in [1.165, 1.54) is 23.5 Å². The van der Waals surface area contributed by atoms with Crippen molar-refractivity contribution in [1.82, 2.24) is 15.0 Å². The number of esters is 1. The zero-order valence-corrected chi connectivity index (χ0v) is 17.0. The summed E-state index contributed by atoms with van der Waals surface area (Å²) in [5, 5.41) is 8.08. The molecule has 1 saturated heterocycles. The topological polar surface area (TPSA) is 78.8 Å². The molecule has 140 valence electrons. The minimum atomic E-state index is -0.677. The van der Waals surface area contributed by atoms with Crippen LogP contribution >= 0.6 is 35.7 Å². The van der Waals surface area contributed by atoms with Gasteiger partial charge in [-0.05, 0) is 20.1 Å². The maximum Gasteiger partial charge on any atom is 0.322 e. The first-order chi connectivity index (χ1) is 11.9. The molecule has 7 nitrogen and oxygen atoms in total. The predicted molar refractivity (Wildman–Crippen MR) is 103 cm³/mol. The molecular formula is C15H23N3O4S3. The summed E-state index contributed by atoms with van der Waals surface area (Å²) < 4.78 is 17.7. The van der Waals surface area contributed by atoms with E-state index in [0.717, 1.165) is 15.8 Å². The third kappa shape index (κ3) is 7.61. The van der Waals surface area contributed by atoms with Gasteiger partial charge in [-0.25, -0.2) is 0 Å². The molecular weight excluding hydrogens is 382 g/mol. The molecule has 0 N–H and O–H groups in total. The number of nitrogens with zero attached hydrogens (tertiary/aromatic N) is 3. The Morgan fingerprint density at radius 2 is 2.32 bits per heavy atom. The first kappa shape index (κ1) is 20.6. The molecule has 0 bridgehead atoms. The van der Waals surface area contributed by atoms with Crippen LogP contribution in [0.25, 0.3) is 0 Å².